The number of nitrogens with zero attached hydrogens (tertiary/aromatic N) is 2. The van der Waals surface area contributed by atoms with Crippen LogP contribution < -0.4 is 10.6 Å². The molecule has 5 heteroatoms. The molecule has 1 saturated carbocycles. The van der Waals surface area contributed by atoms with Crippen LogP contribution in [-0.4, -0.2) is 33.8 Å². The van der Waals surface area contributed by atoms with E-state index in [1.807, 2.05) is 13.8 Å². The number of aromatic nitrogens is 2. The second-order valence-electron chi connectivity index (χ2n) is 6.01. The van der Waals surface area contributed by atoms with Gasteiger partial charge in [0, 0.05) is 18.7 Å². The second-order valence-corrected chi connectivity index (χ2v) is 6.01. The van der Waals surface area contributed by atoms with Crippen LogP contribution in [0.4, 0.5) is 11.6 Å². The summed E-state index contributed by atoms with van der Waals surface area (Å²) >= 11 is 0. The van der Waals surface area contributed by atoms with Crippen molar-refractivity contribution in [2.45, 2.75) is 52.1 Å². The van der Waals surface area contributed by atoms with Crippen molar-refractivity contribution in [1.29, 1.82) is 0 Å². The summed E-state index contributed by atoms with van der Waals surface area (Å²) in [5.41, 5.74) is 0.398. The smallest absolute Gasteiger partial charge is 0.134 e. The lowest BCUT2D eigenvalue weighted by Gasteiger charge is -2.35. The van der Waals surface area contributed by atoms with Crippen molar-refractivity contribution >= 4 is 11.6 Å². The molecule has 0 saturated heterocycles. The predicted molar refractivity (Wildman–Crippen MR) is 82.0 cm³/mol. The summed E-state index contributed by atoms with van der Waals surface area (Å²) in [5.74, 6) is 2.26. The van der Waals surface area contributed by atoms with Crippen LogP contribution in [0.15, 0.2) is 6.33 Å². The molecule has 0 aliphatic heterocycles. The van der Waals surface area contributed by atoms with Gasteiger partial charge in [0.25, 0.3) is 0 Å². The zero-order chi connectivity index (χ0) is 14.6. The summed E-state index contributed by atoms with van der Waals surface area (Å²) in [6.07, 6.45) is 5.61. The second kappa shape index (κ2) is 6.39. The highest BCUT2D eigenvalue weighted by molar-refractivity contribution is 5.56. The summed E-state index contributed by atoms with van der Waals surface area (Å²) in [7, 11) is 0. The fourth-order valence-electron chi connectivity index (χ4n) is 3.02. The molecule has 1 aliphatic rings. The van der Waals surface area contributed by atoms with Crippen LogP contribution in [-0.2, 0) is 0 Å². The van der Waals surface area contributed by atoms with Crippen molar-refractivity contribution in [1.82, 2.24) is 9.97 Å². The monoisotopic (exact) mass is 278 g/mol. The van der Waals surface area contributed by atoms with Gasteiger partial charge in [-0.25, -0.2) is 9.97 Å². The number of hydrogen-bond donors (Lipinski definition) is 3. The summed E-state index contributed by atoms with van der Waals surface area (Å²) in [6.45, 7) is 7.64. The van der Waals surface area contributed by atoms with E-state index in [9.17, 15) is 5.11 Å². The van der Waals surface area contributed by atoms with E-state index >= 15 is 0 Å². The van der Waals surface area contributed by atoms with Crippen LogP contribution in [0.3, 0.4) is 0 Å². The number of aliphatic hydroxyl groups is 1. The quantitative estimate of drug-likeness (QED) is 0.772. The molecule has 0 amide bonds. The Hall–Kier alpha value is -1.36. The average molecular weight is 278 g/mol. The van der Waals surface area contributed by atoms with Crippen LogP contribution in [0.1, 0.15) is 45.1 Å². The van der Waals surface area contributed by atoms with Crippen LogP contribution in [0, 0.1) is 12.8 Å². The largest absolute Gasteiger partial charge is 0.388 e. The van der Waals surface area contributed by atoms with Gasteiger partial charge in [-0.3, -0.25) is 0 Å². The molecule has 0 bridgehead atoms. The van der Waals surface area contributed by atoms with Crippen molar-refractivity contribution in [3.63, 3.8) is 0 Å². The Bertz CT molecular complexity index is 451. The lowest BCUT2D eigenvalue weighted by atomic mass is 9.79. The molecule has 1 aliphatic carbocycles. The van der Waals surface area contributed by atoms with Crippen LogP contribution >= 0.6 is 0 Å². The van der Waals surface area contributed by atoms with E-state index in [-0.39, 0.29) is 0 Å². The Kier molecular flexibility index (Phi) is 4.81. The molecule has 2 atom stereocenters. The first kappa shape index (κ1) is 15.0. The highest BCUT2D eigenvalue weighted by Gasteiger charge is 2.32. The molecule has 1 aromatic heterocycles. The van der Waals surface area contributed by atoms with E-state index in [1.165, 1.54) is 6.42 Å². The summed E-state index contributed by atoms with van der Waals surface area (Å²) in [5, 5.41) is 17.2. The Morgan fingerprint density at radius 1 is 1.35 bits per heavy atom. The average Bonchev–Trinajstić information content (AvgIpc) is 2.40. The Balaban J connectivity index is 2.01. The van der Waals surface area contributed by atoms with Crippen molar-refractivity contribution < 1.29 is 5.11 Å². The zero-order valence-corrected chi connectivity index (χ0v) is 12.7. The minimum absolute atomic E-state index is 0.556. The lowest BCUT2D eigenvalue weighted by molar-refractivity contribution is -0.000834. The van der Waals surface area contributed by atoms with Crippen LogP contribution in [0.5, 0.6) is 0 Å². The van der Waals surface area contributed by atoms with Gasteiger partial charge >= 0.3 is 0 Å². The van der Waals surface area contributed by atoms with E-state index in [0.717, 1.165) is 43.0 Å². The number of hydrogen-bond acceptors (Lipinski definition) is 5. The van der Waals surface area contributed by atoms with Gasteiger partial charge in [-0.2, -0.15) is 0 Å². The van der Waals surface area contributed by atoms with Gasteiger partial charge in [0.05, 0.1) is 5.60 Å². The molecule has 1 heterocycles. The SMILES string of the molecule is CCNc1ncnc(NCC2(O)CCCC(C)C2)c1C. The van der Waals surface area contributed by atoms with Gasteiger partial charge in [-0.1, -0.05) is 19.8 Å². The normalized spacial score (nSPS) is 26.3. The molecule has 1 fully saturated rings. The number of rotatable bonds is 5. The fourth-order valence-corrected chi connectivity index (χ4v) is 3.02. The van der Waals surface area contributed by atoms with E-state index in [1.54, 1.807) is 6.33 Å². The molecule has 0 aromatic carbocycles. The number of anilines is 2. The topological polar surface area (TPSA) is 70.1 Å². The maximum absolute atomic E-state index is 10.6. The minimum Gasteiger partial charge on any atom is -0.388 e. The van der Waals surface area contributed by atoms with Gasteiger partial charge in [-0.05, 0) is 32.6 Å². The molecular formula is C15H26N4O. The van der Waals surface area contributed by atoms with E-state index in [0.29, 0.717) is 12.5 Å². The molecule has 20 heavy (non-hydrogen) atoms. The maximum Gasteiger partial charge on any atom is 0.134 e. The van der Waals surface area contributed by atoms with Gasteiger partial charge in [0.2, 0.25) is 0 Å². The van der Waals surface area contributed by atoms with E-state index in [4.69, 9.17) is 0 Å². The van der Waals surface area contributed by atoms with Crippen LogP contribution in [0.25, 0.3) is 0 Å². The van der Waals surface area contributed by atoms with E-state index < -0.39 is 5.60 Å². The predicted octanol–water partition coefficient (Wildman–Crippen LogP) is 2.57. The third kappa shape index (κ3) is 3.60. The van der Waals surface area contributed by atoms with Crippen LogP contribution in [0.2, 0.25) is 0 Å². The van der Waals surface area contributed by atoms with Gasteiger partial charge < -0.3 is 15.7 Å². The minimum atomic E-state index is -0.604. The first-order valence-electron chi connectivity index (χ1n) is 7.56. The zero-order valence-electron chi connectivity index (χ0n) is 12.7. The van der Waals surface area contributed by atoms with Crippen molar-refractivity contribution in [2.75, 3.05) is 23.7 Å². The van der Waals surface area contributed by atoms with Gasteiger partial charge in [0.15, 0.2) is 0 Å². The van der Waals surface area contributed by atoms with Crippen molar-refractivity contribution in [3.05, 3.63) is 11.9 Å². The molecule has 0 spiro atoms. The van der Waals surface area contributed by atoms with Crippen molar-refractivity contribution in [3.8, 4) is 0 Å². The molecule has 1 aromatic rings. The van der Waals surface area contributed by atoms with E-state index in [2.05, 4.69) is 27.5 Å². The maximum atomic E-state index is 10.6. The summed E-state index contributed by atoms with van der Waals surface area (Å²) < 4.78 is 0. The molecule has 2 unspecified atom stereocenters. The third-order valence-electron chi connectivity index (χ3n) is 4.08. The standard InChI is InChI=1S/C15H26N4O/c1-4-16-13-12(3)14(19-10-18-13)17-9-15(20)7-5-6-11(2)8-15/h10-11,20H,4-9H2,1-3H3,(H2,16,17,18,19). The lowest BCUT2D eigenvalue weighted by Crippen LogP contribution is -2.41. The summed E-state index contributed by atoms with van der Waals surface area (Å²) in [6, 6.07) is 0. The molecule has 5 nitrogen and oxygen atoms in total. The highest BCUT2D eigenvalue weighted by atomic mass is 16.3. The molecule has 3 N–H and O–H groups in total. The Morgan fingerprint density at radius 2 is 2.05 bits per heavy atom. The first-order chi connectivity index (χ1) is 9.54. The first-order valence-corrected chi connectivity index (χ1v) is 7.56. The summed E-state index contributed by atoms with van der Waals surface area (Å²) in [4.78, 5) is 8.51. The van der Waals surface area contributed by atoms with Crippen molar-refractivity contribution in [2.24, 2.45) is 5.92 Å². The Morgan fingerprint density at radius 3 is 2.70 bits per heavy atom. The molecule has 0 radical (unpaired) electrons. The highest BCUT2D eigenvalue weighted by Crippen LogP contribution is 2.32. The van der Waals surface area contributed by atoms with Gasteiger partial charge in [0.1, 0.15) is 18.0 Å². The number of nitrogens with one attached hydrogen (secondary N) is 2. The van der Waals surface area contributed by atoms with Gasteiger partial charge in [-0.15, -0.1) is 0 Å². The molecular weight excluding hydrogens is 252 g/mol. The fraction of sp³-hybridized carbons (Fsp3) is 0.733. The molecule has 112 valence electrons. The Labute approximate surface area is 121 Å². The third-order valence-corrected chi connectivity index (χ3v) is 4.08. The molecule has 2 rings (SSSR count).